The first-order valence-electron chi connectivity index (χ1n) is 2.79. The maximum absolute atomic E-state index is 4.09. The summed E-state index contributed by atoms with van der Waals surface area (Å²) < 4.78 is 0. The molecule has 0 saturated carbocycles. The number of hydrogen-bond donors (Lipinski definition) is 1. The summed E-state index contributed by atoms with van der Waals surface area (Å²) in [5.41, 5.74) is 1.76. The first-order chi connectivity index (χ1) is 4.43. The third kappa shape index (κ3) is 2.32. The van der Waals surface area contributed by atoms with Crippen molar-refractivity contribution in [1.82, 2.24) is 10.2 Å². The van der Waals surface area contributed by atoms with Gasteiger partial charge in [-0.05, 0) is 12.2 Å². The highest BCUT2D eigenvalue weighted by atomic mass is 32.1. The highest BCUT2D eigenvalue weighted by Gasteiger charge is 1.93. The lowest BCUT2D eigenvalue weighted by atomic mass is 10.4. The molecule has 1 rings (SSSR count). The summed E-state index contributed by atoms with van der Waals surface area (Å²) in [4.78, 5) is 0. The van der Waals surface area contributed by atoms with Gasteiger partial charge in [0.05, 0.1) is 0 Å². The van der Waals surface area contributed by atoms with Gasteiger partial charge in [-0.3, -0.25) is 0 Å². The van der Waals surface area contributed by atoms with Crippen molar-refractivity contribution in [3.63, 3.8) is 0 Å². The van der Waals surface area contributed by atoms with E-state index < -0.39 is 0 Å². The predicted octanol–water partition coefficient (Wildman–Crippen LogP) is 1.40. The maximum Gasteiger partial charge on any atom is 0.117 e. The Morgan fingerprint density at radius 2 is 2.56 bits per heavy atom. The van der Waals surface area contributed by atoms with Crippen molar-refractivity contribution in [2.45, 2.75) is 12.8 Å². The van der Waals surface area contributed by atoms with Gasteiger partial charge in [0.2, 0.25) is 0 Å². The highest BCUT2D eigenvalue weighted by molar-refractivity contribution is 7.80. The fourth-order valence-electron chi connectivity index (χ4n) is 0.535. The third-order valence-corrected chi connectivity index (χ3v) is 2.03. The molecule has 0 aliphatic rings. The molecule has 0 amide bonds. The largest absolute Gasteiger partial charge is 0.179 e. The molecule has 0 aliphatic carbocycles. The molecule has 0 bridgehead atoms. The third-order valence-electron chi connectivity index (χ3n) is 0.954. The molecule has 0 atom stereocenters. The zero-order valence-corrected chi connectivity index (χ0v) is 6.66. The highest BCUT2D eigenvalue weighted by Crippen LogP contribution is 2.04. The van der Waals surface area contributed by atoms with E-state index in [0.29, 0.717) is 0 Å². The molecule has 1 aromatic heterocycles. The lowest BCUT2D eigenvalue weighted by molar-refractivity contribution is 0.888. The van der Waals surface area contributed by atoms with Gasteiger partial charge in [-0.1, -0.05) is 0 Å². The van der Waals surface area contributed by atoms with Gasteiger partial charge in [-0.2, -0.15) is 12.6 Å². The molecule has 9 heavy (non-hydrogen) atoms. The van der Waals surface area contributed by atoms with Crippen LogP contribution in [0.1, 0.15) is 11.4 Å². The topological polar surface area (TPSA) is 25.8 Å². The molecule has 0 radical (unpaired) electrons. The normalized spacial score (nSPS) is 9.89. The average Bonchev–Trinajstić information content (AvgIpc) is 2.34. The lowest BCUT2D eigenvalue weighted by Gasteiger charge is -1.87. The van der Waals surface area contributed by atoms with Crippen LogP contribution in [0.2, 0.25) is 0 Å². The molecule has 0 aromatic carbocycles. The van der Waals surface area contributed by atoms with Crippen molar-refractivity contribution < 1.29 is 0 Å². The van der Waals surface area contributed by atoms with Gasteiger partial charge < -0.3 is 0 Å². The van der Waals surface area contributed by atoms with Crippen LogP contribution in [0.25, 0.3) is 0 Å². The summed E-state index contributed by atoms with van der Waals surface area (Å²) in [7, 11) is 0. The van der Waals surface area contributed by atoms with E-state index in [1.165, 1.54) is 0 Å². The first kappa shape index (κ1) is 7.02. The van der Waals surface area contributed by atoms with Gasteiger partial charge in [-0.15, -0.1) is 21.5 Å². The predicted molar refractivity (Wildman–Crippen MR) is 42.1 cm³/mol. The Bertz CT molecular complexity index is 150. The summed E-state index contributed by atoms with van der Waals surface area (Å²) in [5, 5.41) is 8.72. The van der Waals surface area contributed by atoms with Gasteiger partial charge in [0, 0.05) is 6.42 Å². The van der Waals surface area contributed by atoms with Crippen LogP contribution >= 0.6 is 24.0 Å². The van der Waals surface area contributed by atoms with Crippen LogP contribution in [0.4, 0.5) is 0 Å². The summed E-state index contributed by atoms with van der Waals surface area (Å²) in [5.74, 6) is 0.930. The molecule has 0 fully saturated rings. The molecule has 0 N–H and O–H groups in total. The van der Waals surface area contributed by atoms with Gasteiger partial charge in [0.15, 0.2) is 0 Å². The fourth-order valence-corrected chi connectivity index (χ4v) is 1.27. The Morgan fingerprint density at radius 1 is 1.67 bits per heavy atom. The molecular formula is C5H8N2S2. The van der Waals surface area contributed by atoms with E-state index in [1.54, 1.807) is 16.8 Å². The molecule has 2 nitrogen and oxygen atoms in total. The van der Waals surface area contributed by atoms with Crippen molar-refractivity contribution in [1.29, 1.82) is 0 Å². The summed E-state index contributed by atoms with van der Waals surface area (Å²) >= 11 is 5.69. The second-order valence-electron chi connectivity index (χ2n) is 1.66. The standard InChI is InChI=1S/C5H8N2S2/c8-3-1-2-5-7-6-4-9-5/h4,8H,1-3H2. The van der Waals surface area contributed by atoms with Crippen LogP contribution in [-0.2, 0) is 6.42 Å². The minimum atomic E-state index is 0.930. The minimum Gasteiger partial charge on any atom is -0.179 e. The second-order valence-corrected chi connectivity index (χ2v) is 3.02. The van der Waals surface area contributed by atoms with E-state index >= 15 is 0 Å². The Kier molecular flexibility index (Phi) is 3.00. The fraction of sp³-hybridized carbons (Fsp3) is 0.600. The Hall–Kier alpha value is -0.0900. The molecule has 1 heterocycles. The minimum absolute atomic E-state index is 0.930. The molecule has 0 saturated heterocycles. The first-order valence-corrected chi connectivity index (χ1v) is 4.30. The van der Waals surface area contributed by atoms with E-state index in [9.17, 15) is 0 Å². The SMILES string of the molecule is SCCCc1nncs1. The number of rotatable bonds is 3. The number of nitrogens with zero attached hydrogens (tertiary/aromatic N) is 2. The summed E-state index contributed by atoms with van der Waals surface area (Å²) in [6.45, 7) is 0. The van der Waals surface area contributed by atoms with Gasteiger partial charge in [0.1, 0.15) is 10.5 Å². The number of thiol groups is 1. The van der Waals surface area contributed by atoms with Crippen LogP contribution < -0.4 is 0 Å². The Labute approximate surface area is 63.7 Å². The van der Waals surface area contributed by atoms with E-state index in [0.717, 1.165) is 23.6 Å². The number of aromatic nitrogens is 2. The molecule has 0 spiro atoms. The van der Waals surface area contributed by atoms with E-state index in [4.69, 9.17) is 0 Å². The smallest absolute Gasteiger partial charge is 0.117 e. The maximum atomic E-state index is 4.09. The molecule has 0 aliphatic heterocycles. The van der Waals surface area contributed by atoms with Crippen LogP contribution in [0.15, 0.2) is 5.51 Å². The van der Waals surface area contributed by atoms with Gasteiger partial charge in [0.25, 0.3) is 0 Å². The van der Waals surface area contributed by atoms with Crippen molar-refractivity contribution >= 4 is 24.0 Å². The van der Waals surface area contributed by atoms with Crippen molar-refractivity contribution in [2.24, 2.45) is 0 Å². The van der Waals surface area contributed by atoms with E-state index in [1.807, 2.05) is 0 Å². The van der Waals surface area contributed by atoms with Crippen LogP contribution in [0, 0.1) is 0 Å². The van der Waals surface area contributed by atoms with Crippen LogP contribution in [-0.4, -0.2) is 16.0 Å². The van der Waals surface area contributed by atoms with Crippen molar-refractivity contribution in [3.8, 4) is 0 Å². The van der Waals surface area contributed by atoms with Crippen molar-refractivity contribution in [2.75, 3.05) is 5.75 Å². The molecule has 50 valence electrons. The van der Waals surface area contributed by atoms with E-state index in [2.05, 4.69) is 22.8 Å². The number of aryl methyl sites for hydroxylation is 1. The van der Waals surface area contributed by atoms with Gasteiger partial charge >= 0.3 is 0 Å². The van der Waals surface area contributed by atoms with Gasteiger partial charge in [-0.25, -0.2) is 0 Å². The Morgan fingerprint density at radius 3 is 3.11 bits per heavy atom. The zero-order valence-electron chi connectivity index (χ0n) is 4.95. The second kappa shape index (κ2) is 3.85. The monoisotopic (exact) mass is 160 g/mol. The quantitative estimate of drug-likeness (QED) is 0.676. The molecule has 0 unspecified atom stereocenters. The summed E-state index contributed by atoms with van der Waals surface area (Å²) in [6, 6.07) is 0. The lowest BCUT2D eigenvalue weighted by Crippen LogP contribution is -1.84. The molecule has 4 heteroatoms. The van der Waals surface area contributed by atoms with Crippen molar-refractivity contribution in [3.05, 3.63) is 10.5 Å². The zero-order chi connectivity index (χ0) is 6.53. The molecular weight excluding hydrogens is 152 g/mol. The average molecular weight is 160 g/mol. The van der Waals surface area contributed by atoms with Crippen LogP contribution in [0.3, 0.4) is 0 Å². The summed E-state index contributed by atoms with van der Waals surface area (Å²) in [6.07, 6.45) is 2.12. The molecule has 1 aromatic rings. The van der Waals surface area contributed by atoms with Crippen LogP contribution in [0.5, 0.6) is 0 Å². The van der Waals surface area contributed by atoms with E-state index in [-0.39, 0.29) is 0 Å². The Balaban J connectivity index is 2.30. The number of hydrogen-bond acceptors (Lipinski definition) is 4.